The number of rotatable bonds is 3. The van der Waals surface area contributed by atoms with E-state index in [0.29, 0.717) is 16.1 Å². The summed E-state index contributed by atoms with van der Waals surface area (Å²) < 4.78 is 1.22. The van der Waals surface area contributed by atoms with Gasteiger partial charge in [0, 0.05) is 10.6 Å². The largest absolute Gasteiger partial charge is 0.324 e. The number of carbonyl (C=O) groups excluding carboxylic acids is 1. The number of anilines is 1. The van der Waals surface area contributed by atoms with Crippen molar-refractivity contribution in [3.63, 3.8) is 0 Å². The van der Waals surface area contributed by atoms with Crippen LogP contribution < -0.4 is 10.9 Å². The van der Waals surface area contributed by atoms with Gasteiger partial charge in [-0.3, -0.25) is 9.59 Å². The molecule has 152 valence electrons. The minimum Gasteiger partial charge on any atom is -0.324 e. The lowest BCUT2D eigenvalue weighted by molar-refractivity contribution is -0.119. The SMILES string of the molecule is Cc1cc(C)c(NC(=O)C(C)n2nnc3sc4c(c3c2=O)CCC(C)C4)c(C)c1. The van der Waals surface area contributed by atoms with Crippen LogP contribution in [0, 0.1) is 26.7 Å². The average Bonchev–Trinajstić information content (AvgIpc) is 3.02. The maximum atomic E-state index is 13.2. The number of hydrogen-bond acceptors (Lipinski definition) is 5. The lowest BCUT2D eigenvalue weighted by Crippen LogP contribution is -2.34. The van der Waals surface area contributed by atoms with Gasteiger partial charge in [-0.1, -0.05) is 29.8 Å². The lowest BCUT2D eigenvalue weighted by Gasteiger charge is -2.18. The van der Waals surface area contributed by atoms with Crippen molar-refractivity contribution in [2.24, 2.45) is 5.92 Å². The average molecular weight is 411 g/mol. The zero-order valence-corrected chi connectivity index (χ0v) is 18.3. The van der Waals surface area contributed by atoms with Gasteiger partial charge in [-0.05, 0) is 69.6 Å². The van der Waals surface area contributed by atoms with Gasteiger partial charge in [0.25, 0.3) is 5.56 Å². The van der Waals surface area contributed by atoms with Crippen LogP contribution in [0.4, 0.5) is 5.69 Å². The maximum absolute atomic E-state index is 13.2. The van der Waals surface area contributed by atoms with E-state index in [-0.39, 0.29) is 11.5 Å². The lowest BCUT2D eigenvalue weighted by atomic mass is 9.89. The minimum absolute atomic E-state index is 0.220. The third-order valence-corrected chi connectivity index (χ3v) is 6.96. The molecule has 1 aromatic carbocycles. The summed E-state index contributed by atoms with van der Waals surface area (Å²) in [6.07, 6.45) is 2.94. The van der Waals surface area contributed by atoms with Gasteiger partial charge in [-0.25, -0.2) is 0 Å². The molecule has 2 unspecified atom stereocenters. The second-order valence-electron chi connectivity index (χ2n) is 8.31. The van der Waals surface area contributed by atoms with E-state index >= 15 is 0 Å². The number of hydrogen-bond donors (Lipinski definition) is 1. The highest BCUT2D eigenvalue weighted by Gasteiger charge is 2.26. The molecule has 3 aromatic rings. The van der Waals surface area contributed by atoms with Crippen LogP contribution in [0.1, 0.15) is 53.4 Å². The molecule has 0 fully saturated rings. The summed E-state index contributed by atoms with van der Waals surface area (Å²) in [7, 11) is 0. The predicted molar refractivity (Wildman–Crippen MR) is 117 cm³/mol. The molecule has 0 bridgehead atoms. The normalized spacial score (nSPS) is 17.2. The summed E-state index contributed by atoms with van der Waals surface area (Å²) in [4.78, 5) is 28.1. The fourth-order valence-corrected chi connectivity index (χ4v) is 5.56. The second kappa shape index (κ2) is 7.37. The first-order valence-corrected chi connectivity index (χ1v) is 10.9. The third-order valence-electron chi connectivity index (χ3n) is 5.82. The van der Waals surface area contributed by atoms with Crippen molar-refractivity contribution in [1.29, 1.82) is 0 Å². The van der Waals surface area contributed by atoms with Gasteiger partial charge in [0.2, 0.25) is 5.91 Å². The smallest absolute Gasteiger partial charge is 0.279 e. The van der Waals surface area contributed by atoms with Crippen molar-refractivity contribution in [2.75, 3.05) is 5.32 Å². The molecule has 6 nitrogen and oxygen atoms in total. The van der Waals surface area contributed by atoms with Crippen LogP contribution in [0.2, 0.25) is 0 Å². The number of nitrogens with one attached hydrogen (secondary N) is 1. The Hall–Kier alpha value is -2.54. The molecule has 7 heteroatoms. The Kier molecular flexibility index (Phi) is 5.02. The van der Waals surface area contributed by atoms with Gasteiger partial charge in [-0.15, -0.1) is 16.4 Å². The van der Waals surface area contributed by atoms with E-state index in [1.54, 1.807) is 18.3 Å². The fraction of sp³-hybridized carbons (Fsp3) is 0.455. The first-order chi connectivity index (χ1) is 13.8. The molecular formula is C22H26N4O2S. The summed E-state index contributed by atoms with van der Waals surface area (Å²) >= 11 is 1.57. The van der Waals surface area contributed by atoms with Crippen molar-refractivity contribution in [3.8, 4) is 0 Å². The van der Waals surface area contributed by atoms with Crippen LogP contribution in [0.5, 0.6) is 0 Å². The summed E-state index contributed by atoms with van der Waals surface area (Å²) in [6.45, 7) is 9.89. The Labute approximate surface area is 173 Å². The highest BCUT2D eigenvalue weighted by molar-refractivity contribution is 7.18. The quantitative estimate of drug-likeness (QED) is 0.705. The molecule has 0 saturated carbocycles. The molecular weight excluding hydrogens is 384 g/mol. The molecule has 1 aliphatic carbocycles. The molecule has 4 rings (SSSR count). The van der Waals surface area contributed by atoms with E-state index in [1.165, 1.54) is 9.56 Å². The van der Waals surface area contributed by atoms with Crippen molar-refractivity contribution in [2.45, 2.75) is 59.9 Å². The molecule has 0 radical (unpaired) electrons. The first kappa shape index (κ1) is 19.8. The number of nitrogens with zero attached hydrogens (tertiary/aromatic N) is 3. The molecule has 1 amide bonds. The highest BCUT2D eigenvalue weighted by atomic mass is 32.1. The van der Waals surface area contributed by atoms with E-state index in [9.17, 15) is 9.59 Å². The number of amides is 1. The summed E-state index contributed by atoms with van der Waals surface area (Å²) in [5.41, 5.74) is 4.82. The number of aryl methyl sites for hydroxylation is 4. The van der Waals surface area contributed by atoms with E-state index in [0.717, 1.165) is 47.2 Å². The Balaban J connectivity index is 1.69. The fourth-order valence-electron chi connectivity index (χ4n) is 4.24. The zero-order valence-electron chi connectivity index (χ0n) is 17.5. The molecule has 2 aromatic heterocycles. The number of benzene rings is 1. The molecule has 1 N–H and O–H groups in total. The second-order valence-corrected chi connectivity index (χ2v) is 9.39. The third kappa shape index (κ3) is 3.48. The van der Waals surface area contributed by atoms with E-state index in [1.807, 2.05) is 32.9 Å². The molecule has 29 heavy (non-hydrogen) atoms. The predicted octanol–water partition coefficient (Wildman–Crippen LogP) is 4.10. The number of fused-ring (bicyclic) bond motifs is 3. The van der Waals surface area contributed by atoms with Crippen LogP contribution in [-0.4, -0.2) is 20.9 Å². The highest BCUT2D eigenvalue weighted by Crippen LogP contribution is 2.35. The Morgan fingerprint density at radius 2 is 1.97 bits per heavy atom. The summed E-state index contributed by atoms with van der Waals surface area (Å²) in [5.74, 6) is 0.352. The van der Waals surface area contributed by atoms with Crippen LogP contribution in [0.15, 0.2) is 16.9 Å². The first-order valence-electron chi connectivity index (χ1n) is 10.0. The number of thiophene rings is 1. The van der Waals surface area contributed by atoms with Gasteiger partial charge in [0.05, 0.1) is 5.39 Å². The molecule has 2 atom stereocenters. The number of carbonyl (C=O) groups is 1. The molecule has 0 aliphatic heterocycles. The van der Waals surface area contributed by atoms with E-state index in [4.69, 9.17) is 0 Å². The van der Waals surface area contributed by atoms with Crippen LogP contribution in [-0.2, 0) is 17.6 Å². The van der Waals surface area contributed by atoms with Gasteiger partial charge in [0.15, 0.2) is 4.83 Å². The number of aromatic nitrogens is 3. The zero-order chi connectivity index (χ0) is 20.9. The van der Waals surface area contributed by atoms with Gasteiger partial charge >= 0.3 is 0 Å². The topological polar surface area (TPSA) is 76.9 Å². The Morgan fingerprint density at radius 3 is 2.66 bits per heavy atom. The summed E-state index contributed by atoms with van der Waals surface area (Å²) in [6, 6.07) is 3.31. The standard InChI is InChI=1S/C22H26N4O2S/c1-11-6-7-16-17(10-11)29-21-18(16)22(28)26(25-24-21)15(5)20(27)23-19-13(3)8-12(2)9-14(19)4/h8-9,11,15H,6-7,10H2,1-5H3,(H,23,27). The van der Waals surface area contributed by atoms with Gasteiger partial charge in [-0.2, -0.15) is 4.68 Å². The van der Waals surface area contributed by atoms with E-state index in [2.05, 4.69) is 22.6 Å². The Bertz CT molecular complexity index is 1150. The van der Waals surface area contributed by atoms with E-state index < -0.39 is 6.04 Å². The minimum atomic E-state index is -0.752. The molecule has 0 spiro atoms. The van der Waals surface area contributed by atoms with Crippen molar-refractivity contribution in [3.05, 3.63) is 49.6 Å². The van der Waals surface area contributed by atoms with Gasteiger partial charge in [0.1, 0.15) is 6.04 Å². The van der Waals surface area contributed by atoms with Crippen LogP contribution >= 0.6 is 11.3 Å². The monoisotopic (exact) mass is 410 g/mol. The van der Waals surface area contributed by atoms with Crippen molar-refractivity contribution in [1.82, 2.24) is 15.0 Å². The molecule has 1 aliphatic rings. The van der Waals surface area contributed by atoms with Crippen LogP contribution in [0.3, 0.4) is 0 Å². The van der Waals surface area contributed by atoms with Gasteiger partial charge < -0.3 is 5.32 Å². The van der Waals surface area contributed by atoms with Crippen molar-refractivity contribution < 1.29 is 4.79 Å². The summed E-state index contributed by atoms with van der Waals surface area (Å²) in [5, 5.41) is 12.0. The van der Waals surface area contributed by atoms with Crippen LogP contribution in [0.25, 0.3) is 10.2 Å². The maximum Gasteiger partial charge on any atom is 0.279 e. The van der Waals surface area contributed by atoms with Crippen molar-refractivity contribution >= 4 is 33.1 Å². The molecule has 2 heterocycles. The Morgan fingerprint density at radius 1 is 1.28 bits per heavy atom. The molecule has 0 saturated heterocycles.